The molecule has 3 rings (SSSR count). The van der Waals surface area contributed by atoms with Gasteiger partial charge in [0.15, 0.2) is 0 Å². The molecule has 0 saturated carbocycles. The van der Waals surface area contributed by atoms with E-state index in [1.54, 1.807) is 36.7 Å². The summed E-state index contributed by atoms with van der Waals surface area (Å²) in [7, 11) is 0. The molecular weight excluding hydrogens is 316 g/mol. The summed E-state index contributed by atoms with van der Waals surface area (Å²) < 4.78 is 5.77. The van der Waals surface area contributed by atoms with Crippen molar-refractivity contribution in [3.63, 3.8) is 0 Å². The van der Waals surface area contributed by atoms with Gasteiger partial charge < -0.3 is 9.73 Å². The highest BCUT2D eigenvalue weighted by Gasteiger charge is 2.14. The number of pyridine rings is 1. The highest BCUT2D eigenvalue weighted by Crippen LogP contribution is 2.30. The van der Waals surface area contributed by atoms with E-state index in [0.717, 1.165) is 11.1 Å². The summed E-state index contributed by atoms with van der Waals surface area (Å²) in [5, 5.41) is 28.8. The van der Waals surface area contributed by atoms with Crippen LogP contribution in [-0.2, 0) is 0 Å². The molecule has 0 bridgehead atoms. The van der Waals surface area contributed by atoms with Crippen LogP contribution in [0.15, 0.2) is 58.9 Å². The van der Waals surface area contributed by atoms with Crippen LogP contribution in [0.2, 0.25) is 0 Å². The number of benzene rings is 1. The van der Waals surface area contributed by atoms with Gasteiger partial charge in [-0.2, -0.15) is 10.5 Å². The molecule has 1 N–H and O–H groups in total. The van der Waals surface area contributed by atoms with E-state index < -0.39 is 0 Å². The molecule has 0 saturated heterocycles. The molecule has 0 unspecified atom stereocenters. The number of aryl methyl sites for hydroxylation is 1. The average Bonchev–Trinajstić information content (AvgIpc) is 3.14. The van der Waals surface area contributed by atoms with Crippen molar-refractivity contribution in [1.82, 2.24) is 15.2 Å². The van der Waals surface area contributed by atoms with Crippen molar-refractivity contribution in [3.8, 4) is 35.0 Å². The molecule has 0 radical (unpaired) electrons. The number of hydrogen-bond donors (Lipinski definition) is 1. The summed E-state index contributed by atoms with van der Waals surface area (Å²) in [6.45, 7) is 1.94. The van der Waals surface area contributed by atoms with Gasteiger partial charge >= 0.3 is 0 Å². The zero-order chi connectivity index (χ0) is 17.6. The third-order valence-electron chi connectivity index (χ3n) is 3.37. The van der Waals surface area contributed by atoms with E-state index in [-0.39, 0.29) is 5.57 Å². The number of aromatic nitrogens is 3. The number of allylic oxidation sites excluding steroid dienone is 1. The minimum atomic E-state index is -0.0328. The van der Waals surface area contributed by atoms with Gasteiger partial charge in [0, 0.05) is 24.2 Å². The van der Waals surface area contributed by atoms with Crippen LogP contribution < -0.4 is 5.32 Å². The van der Waals surface area contributed by atoms with Crippen LogP contribution in [0.25, 0.3) is 22.9 Å². The fourth-order valence-corrected chi connectivity index (χ4v) is 2.14. The fraction of sp³-hybridized carbons (Fsp3) is 0.0556. The minimum absolute atomic E-state index is 0.0328. The van der Waals surface area contributed by atoms with Gasteiger partial charge in [0.1, 0.15) is 17.7 Å². The lowest BCUT2D eigenvalue weighted by Gasteiger charge is -2.07. The number of nitriles is 2. The van der Waals surface area contributed by atoms with Gasteiger partial charge in [0.25, 0.3) is 0 Å². The van der Waals surface area contributed by atoms with Gasteiger partial charge in [-0.3, -0.25) is 4.98 Å². The first-order valence-electron chi connectivity index (χ1n) is 7.33. The molecule has 0 amide bonds. The summed E-state index contributed by atoms with van der Waals surface area (Å²) in [6.07, 6.45) is 4.64. The Balaban J connectivity index is 1.99. The van der Waals surface area contributed by atoms with Crippen LogP contribution in [0.5, 0.6) is 0 Å². The molecule has 0 fully saturated rings. The van der Waals surface area contributed by atoms with Crippen molar-refractivity contribution in [2.24, 2.45) is 0 Å². The summed E-state index contributed by atoms with van der Waals surface area (Å²) in [5.41, 5.74) is 3.08. The molecule has 2 aromatic heterocycles. The fourth-order valence-electron chi connectivity index (χ4n) is 2.14. The number of nitrogens with zero attached hydrogens (tertiary/aromatic N) is 5. The molecule has 1 aromatic carbocycles. The molecule has 0 spiro atoms. The Hall–Kier alpha value is -3.97. The van der Waals surface area contributed by atoms with Crippen LogP contribution in [-0.4, -0.2) is 15.2 Å². The molecule has 0 aliphatic heterocycles. The molecule has 7 nitrogen and oxygen atoms in total. The molecule has 3 aromatic rings. The lowest BCUT2D eigenvalue weighted by atomic mass is 10.1. The molecular formula is C18H12N6O. The summed E-state index contributed by atoms with van der Waals surface area (Å²) in [5.74, 6) is 0.719. The zero-order valence-corrected chi connectivity index (χ0v) is 13.3. The summed E-state index contributed by atoms with van der Waals surface area (Å²) >= 11 is 0. The first-order chi connectivity index (χ1) is 12.2. The second-order valence-corrected chi connectivity index (χ2v) is 5.12. The molecule has 120 valence electrons. The van der Waals surface area contributed by atoms with E-state index in [9.17, 15) is 0 Å². The van der Waals surface area contributed by atoms with Crippen molar-refractivity contribution >= 4 is 5.69 Å². The van der Waals surface area contributed by atoms with Gasteiger partial charge in [-0.25, -0.2) is 0 Å². The van der Waals surface area contributed by atoms with Gasteiger partial charge in [0.05, 0.1) is 11.3 Å². The maximum Gasteiger partial charge on any atom is 0.250 e. The Kier molecular flexibility index (Phi) is 4.50. The highest BCUT2D eigenvalue weighted by atomic mass is 16.4. The van der Waals surface area contributed by atoms with E-state index in [4.69, 9.17) is 14.9 Å². The normalized spacial score (nSPS) is 9.72. The molecule has 0 atom stereocenters. The van der Waals surface area contributed by atoms with Crippen LogP contribution >= 0.6 is 0 Å². The van der Waals surface area contributed by atoms with Gasteiger partial charge in [-0.05, 0) is 31.2 Å². The highest BCUT2D eigenvalue weighted by molar-refractivity contribution is 5.74. The Morgan fingerprint density at radius 2 is 1.80 bits per heavy atom. The predicted molar refractivity (Wildman–Crippen MR) is 90.6 cm³/mol. The molecule has 7 heteroatoms. The predicted octanol–water partition coefficient (Wildman–Crippen LogP) is 3.45. The average molecular weight is 328 g/mol. The van der Waals surface area contributed by atoms with Crippen LogP contribution in [0.3, 0.4) is 0 Å². The summed E-state index contributed by atoms with van der Waals surface area (Å²) in [4.78, 5) is 3.96. The number of rotatable bonds is 4. The Morgan fingerprint density at radius 3 is 2.52 bits per heavy atom. The topological polar surface area (TPSA) is 111 Å². The standard InChI is InChI=1S/C18H12N6O/c1-12-2-3-16(22-11-13(9-19)10-20)15(8-12)18-24-23-17(25-18)14-4-6-21-7-5-14/h2-8,11,22H,1H3. The maximum absolute atomic E-state index is 8.84. The van der Waals surface area contributed by atoms with E-state index in [0.29, 0.717) is 23.0 Å². The van der Waals surface area contributed by atoms with Crippen molar-refractivity contribution in [2.75, 3.05) is 5.32 Å². The monoisotopic (exact) mass is 328 g/mol. The van der Waals surface area contributed by atoms with Crippen LogP contribution in [0, 0.1) is 29.6 Å². The molecule has 0 aliphatic carbocycles. The van der Waals surface area contributed by atoms with E-state index in [2.05, 4.69) is 20.5 Å². The van der Waals surface area contributed by atoms with Gasteiger partial charge in [0.2, 0.25) is 11.8 Å². The van der Waals surface area contributed by atoms with Crippen molar-refractivity contribution in [3.05, 3.63) is 60.1 Å². The van der Waals surface area contributed by atoms with Crippen molar-refractivity contribution in [2.45, 2.75) is 6.92 Å². The third kappa shape index (κ3) is 3.52. The zero-order valence-electron chi connectivity index (χ0n) is 13.3. The van der Waals surface area contributed by atoms with Gasteiger partial charge in [-0.1, -0.05) is 11.6 Å². The molecule has 0 aliphatic rings. The smallest absolute Gasteiger partial charge is 0.250 e. The minimum Gasteiger partial charge on any atom is -0.416 e. The van der Waals surface area contributed by atoms with Crippen LogP contribution in [0.1, 0.15) is 5.56 Å². The molecule has 2 heterocycles. The largest absolute Gasteiger partial charge is 0.416 e. The van der Waals surface area contributed by atoms with Crippen molar-refractivity contribution < 1.29 is 4.42 Å². The summed E-state index contributed by atoms with van der Waals surface area (Å²) in [6, 6.07) is 12.8. The Morgan fingerprint density at radius 1 is 1.08 bits per heavy atom. The van der Waals surface area contributed by atoms with Crippen LogP contribution in [0.4, 0.5) is 5.69 Å². The molecule has 25 heavy (non-hydrogen) atoms. The number of anilines is 1. The van der Waals surface area contributed by atoms with E-state index in [1.165, 1.54) is 6.20 Å². The second-order valence-electron chi connectivity index (χ2n) is 5.12. The number of hydrogen-bond acceptors (Lipinski definition) is 7. The lowest BCUT2D eigenvalue weighted by molar-refractivity contribution is 0.584. The van der Waals surface area contributed by atoms with E-state index >= 15 is 0 Å². The quantitative estimate of drug-likeness (QED) is 0.730. The van der Waals surface area contributed by atoms with Gasteiger partial charge in [-0.15, -0.1) is 10.2 Å². The number of nitrogens with one attached hydrogen (secondary N) is 1. The third-order valence-corrected chi connectivity index (χ3v) is 3.37. The Labute approximate surface area is 143 Å². The first kappa shape index (κ1) is 15.9. The lowest BCUT2D eigenvalue weighted by Crippen LogP contribution is -1.94. The van der Waals surface area contributed by atoms with Crippen molar-refractivity contribution in [1.29, 1.82) is 10.5 Å². The van der Waals surface area contributed by atoms with E-state index in [1.807, 2.05) is 25.1 Å². The SMILES string of the molecule is Cc1ccc(NC=C(C#N)C#N)c(-c2nnc(-c3ccncc3)o2)c1. The second kappa shape index (κ2) is 7.07. The first-order valence-corrected chi connectivity index (χ1v) is 7.33. The Bertz CT molecular complexity index is 992. The maximum atomic E-state index is 8.84.